The maximum atomic E-state index is 13.4. The van der Waals surface area contributed by atoms with Crippen molar-refractivity contribution in [2.75, 3.05) is 0 Å². The Labute approximate surface area is 237 Å². The smallest absolute Gasteiger partial charge is 0.272 e. The molecule has 4 aromatic rings. The maximum absolute atomic E-state index is 13.4. The van der Waals surface area contributed by atoms with E-state index < -0.39 is 37.0 Å². The number of rotatable bonds is 9. The van der Waals surface area contributed by atoms with Crippen LogP contribution < -0.4 is 14.8 Å². The zero-order valence-electron chi connectivity index (χ0n) is 23.5. The number of ether oxygens (including phenoxy) is 1. The van der Waals surface area contributed by atoms with Crippen molar-refractivity contribution in [2.45, 2.75) is 58.5 Å². The number of nitro groups is 1. The minimum Gasteiger partial charge on any atom is -0.467 e. The minimum absolute atomic E-state index is 0.0478. The number of hydrogen-bond acceptors (Lipinski definition) is 8. The van der Waals surface area contributed by atoms with Gasteiger partial charge in [-0.3, -0.25) is 14.9 Å². The number of aromatic nitrogens is 2. The molecular weight excluding hydrogens is 550 g/mol. The van der Waals surface area contributed by atoms with Crippen LogP contribution in [0.5, 0.6) is 11.6 Å². The van der Waals surface area contributed by atoms with Gasteiger partial charge in [-0.05, 0) is 76.9 Å². The van der Waals surface area contributed by atoms with Crippen LogP contribution in [0.4, 0.5) is 5.69 Å². The van der Waals surface area contributed by atoms with E-state index in [-0.39, 0.29) is 23.9 Å². The molecular formula is C28H31N5O7S. The number of nitrogens with zero attached hydrogens (tertiary/aromatic N) is 3. The second kappa shape index (κ2) is 11.2. The van der Waals surface area contributed by atoms with Crippen LogP contribution in [-0.2, 0) is 16.6 Å². The Morgan fingerprint density at radius 2 is 1.83 bits per heavy atom. The lowest BCUT2D eigenvalue weighted by molar-refractivity contribution is -0.385. The summed E-state index contributed by atoms with van der Waals surface area (Å²) in [6, 6.07) is 12.3. The molecule has 2 N–H and O–H groups in total. The Morgan fingerprint density at radius 3 is 2.46 bits per heavy atom. The molecule has 2 heterocycles. The summed E-state index contributed by atoms with van der Waals surface area (Å²) < 4.78 is 42.2. The third kappa shape index (κ3) is 6.47. The molecule has 1 amide bonds. The van der Waals surface area contributed by atoms with Crippen molar-refractivity contribution in [1.29, 1.82) is 0 Å². The van der Waals surface area contributed by atoms with Crippen LogP contribution in [0.1, 0.15) is 53.7 Å². The van der Waals surface area contributed by atoms with Crippen LogP contribution in [0.2, 0.25) is 0 Å². The van der Waals surface area contributed by atoms with Gasteiger partial charge in [0.15, 0.2) is 5.69 Å². The Morgan fingerprint density at radius 1 is 1.10 bits per heavy atom. The number of hydrogen-bond donors (Lipinski definition) is 2. The fourth-order valence-electron chi connectivity index (χ4n) is 4.08. The number of furan rings is 1. The Bertz CT molecular complexity index is 1720. The van der Waals surface area contributed by atoms with E-state index in [9.17, 15) is 23.3 Å². The number of sulfonamides is 1. The predicted molar refractivity (Wildman–Crippen MR) is 151 cm³/mol. The quantitative estimate of drug-likeness (QED) is 0.204. The van der Waals surface area contributed by atoms with Gasteiger partial charge in [0.25, 0.3) is 11.6 Å². The second-order valence-electron chi connectivity index (χ2n) is 10.5. The summed E-state index contributed by atoms with van der Waals surface area (Å²) in [5.41, 5.74) is 1.49. The summed E-state index contributed by atoms with van der Waals surface area (Å²) in [5, 5.41) is 18.8. The van der Waals surface area contributed by atoms with Gasteiger partial charge < -0.3 is 14.5 Å². The minimum atomic E-state index is -4.27. The van der Waals surface area contributed by atoms with Crippen LogP contribution in [0.3, 0.4) is 0 Å². The summed E-state index contributed by atoms with van der Waals surface area (Å²) in [6.07, 6.45) is 1.50. The first-order valence-corrected chi connectivity index (χ1v) is 14.1. The predicted octanol–water partition coefficient (Wildman–Crippen LogP) is 5.10. The molecule has 0 atom stereocenters. The molecule has 0 radical (unpaired) electrons. The molecule has 41 heavy (non-hydrogen) atoms. The van der Waals surface area contributed by atoms with Gasteiger partial charge in [-0.15, -0.1) is 0 Å². The molecule has 0 saturated carbocycles. The monoisotopic (exact) mass is 581 g/mol. The van der Waals surface area contributed by atoms with E-state index in [1.54, 1.807) is 45.9 Å². The van der Waals surface area contributed by atoms with Crippen molar-refractivity contribution >= 4 is 21.6 Å². The highest BCUT2D eigenvalue weighted by Gasteiger charge is 2.30. The zero-order valence-corrected chi connectivity index (χ0v) is 24.3. The number of nitro benzene ring substituents is 1. The summed E-state index contributed by atoms with van der Waals surface area (Å²) in [6.45, 7) is 10.5. The molecule has 0 bridgehead atoms. The van der Waals surface area contributed by atoms with E-state index in [2.05, 4.69) is 15.1 Å². The molecule has 0 saturated heterocycles. The molecule has 12 nitrogen and oxygen atoms in total. The van der Waals surface area contributed by atoms with Gasteiger partial charge in [0.1, 0.15) is 16.4 Å². The molecule has 0 unspecified atom stereocenters. The number of benzene rings is 2. The molecule has 216 valence electrons. The first-order chi connectivity index (χ1) is 19.2. The summed E-state index contributed by atoms with van der Waals surface area (Å²) in [4.78, 5) is 23.6. The number of nitrogens with one attached hydrogen (secondary N) is 2. The highest BCUT2D eigenvalue weighted by molar-refractivity contribution is 7.89. The average molecular weight is 582 g/mol. The fourth-order valence-corrected chi connectivity index (χ4v) is 5.64. The van der Waals surface area contributed by atoms with Crippen molar-refractivity contribution in [3.63, 3.8) is 0 Å². The molecule has 0 aliphatic rings. The van der Waals surface area contributed by atoms with Crippen molar-refractivity contribution in [1.82, 2.24) is 19.8 Å². The SMILES string of the molecule is Cc1cccc(-n2nc(C(=O)NCc3ccco3)c(C)c2Oc2ccc([N+](=O)[O-])cc2S(=O)(=O)NC(C)(C)C)c1C. The van der Waals surface area contributed by atoms with E-state index in [0.717, 1.165) is 23.3 Å². The zero-order chi connectivity index (χ0) is 30.1. The van der Waals surface area contributed by atoms with E-state index >= 15 is 0 Å². The molecule has 2 aromatic heterocycles. The Hall–Kier alpha value is -4.49. The molecule has 13 heteroatoms. The molecule has 0 spiro atoms. The van der Waals surface area contributed by atoms with Crippen LogP contribution in [0.25, 0.3) is 5.69 Å². The van der Waals surface area contributed by atoms with E-state index in [1.165, 1.54) is 17.0 Å². The maximum Gasteiger partial charge on any atom is 0.272 e. The van der Waals surface area contributed by atoms with E-state index in [4.69, 9.17) is 9.15 Å². The molecule has 2 aromatic carbocycles. The Kier molecular flexibility index (Phi) is 8.04. The first-order valence-electron chi connectivity index (χ1n) is 12.6. The molecule has 4 rings (SSSR count). The number of amides is 1. The average Bonchev–Trinajstić information content (AvgIpc) is 3.51. The van der Waals surface area contributed by atoms with Gasteiger partial charge >= 0.3 is 0 Å². The lowest BCUT2D eigenvalue weighted by atomic mass is 10.1. The van der Waals surface area contributed by atoms with Crippen molar-refractivity contribution in [3.8, 4) is 17.3 Å². The first kappa shape index (κ1) is 29.5. The standard InChI is InChI=1S/C28H31N5O7S/c1-17-9-7-11-22(18(17)2)32-27(19(3)25(30-32)26(34)29-16-21-10-8-14-39-21)40-23-13-12-20(33(35)36)15-24(23)41(37,38)31-28(4,5)6/h7-15,31H,16H2,1-6H3,(H,29,34). The molecule has 0 aliphatic heterocycles. The lowest BCUT2D eigenvalue weighted by Crippen LogP contribution is -2.40. The van der Waals surface area contributed by atoms with E-state index in [1.807, 2.05) is 26.0 Å². The van der Waals surface area contributed by atoms with Crippen molar-refractivity contribution < 1.29 is 27.3 Å². The van der Waals surface area contributed by atoms with Crippen molar-refractivity contribution in [3.05, 3.63) is 93.1 Å². The number of aryl methyl sites for hydroxylation is 1. The molecule has 0 fully saturated rings. The van der Waals surface area contributed by atoms with Crippen LogP contribution in [-0.4, -0.2) is 34.6 Å². The molecule has 0 aliphatic carbocycles. The van der Waals surface area contributed by atoms with Gasteiger partial charge in [0, 0.05) is 23.2 Å². The largest absolute Gasteiger partial charge is 0.467 e. The third-order valence-corrected chi connectivity index (χ3v) is 7.94. The number of carbonyl (C=O) groups is 1. The summed E-state index contributed by atoms with van der Waals surface area (Å²) in [5.74, 6) is -0.0559. The summed E-state index contributed by atoms with van der Waals surface area (Å²) in [7, 11) is -4.27. The highest BCUT2D eigenvalue weighted by Crippen LogP contribution is 2.36. The topological polar surface area (TPSA) is 159 Å². The van der Waals surface area contributed by atoms with Gasteiger partial charge in [-0.1, -0.05) is 12.1 Å². The van der Waals surface area contributed by atoms with Gasteiger partial charge in [0.05, 0.1) is 23.4 Å². The van der Waals surface area contributed by atoms with Gasteiger partial charge in [-0.2, -0.15) is 9.78 Å². The van der Waals surface area contributed by atoms with Gasteiger partial charge in [-0.25, -0.2) is 13.1 Å². The Balaban J connectivity index is 1.86. The summed E-state index contributed by atoms with van der Waals surface area (Å²) >= 11 is 0. The van der Waals surface area contributed by atoms with Crippen LogP contribution in [0.15, 0.2) is 64.1 Å². The van der Waals surface area contributed by atoms with Crippen LogP contribution >= 0.6 is 0 Å². The van der Waals surface area contributed by atoms with Gasteiger partial charge in [0.2, 0.25) is 15.9 Å². The van der Waals surface area contributed by atoms with Crippen molar-refractivity contribution in [2.24, 2.45) is 0 Å². The lowest BCUT2D eigenvalue weighted by Gasteiger charge is -2.21. The number of carbonyl (C=O) groups excluding carboxylic acids is 1. The number of non-ortho nitro benzene ring substituents is 1. The third-order valence-electron chi connectivity index (χ3n) is 6.17. The highest BCUT2D eigenvalue weighted by atomic mass is 32.2. The second-order valence-corrected chi connectivity index (χ2v) is 12.2. The van der Waals surface area contributed by atoms with Crippen LogP contribution in [0, 0.1) is 30.9 Å². The fraction of sp³-hybridized carbons (Fsp3) is 0.286. The normalized spacial score (nSPS) is 11.9. The van der Waals surface area contributed by atoms with E-state index in [0.29, 0.717) is 17.0 Å².